The molecule has 2 rings (SSSR count). The van der Waals surface area contributed by atoms with E-state index in [1.54, 1.807) is 37.3 Å². The van der Waals surface area contributed by atoms with Crippen LogP contribution >= 0.6 is 0 Å². The van der Waals surface area contributed by atoms with Crippen molar-refractivity contribution >= 4 is 17.4 Å². The average Bonchev–Trinajstić information content (AvgIpc) is 2.56. The van der Waals surface area contributed by atoms with E-state index in [1.165, 1.54) is 0 Å². The van der Waals surface area contributed by atoms with Crippen LogP contribution in [0.5, 0.6) is 0 Å². The van der Waals surface area contributed by atoms with Crippen LogP contribution in [0.3, 0.4) is 0 Å². The third kappa shape index (κ3) is 3.83. The highest BCUT2D eigenvalue weighted by molar-refractivity contribution is 6.04. The molecule has 0 saturated carbocycles. The van der Waals surface area contributed by atoms with E-state index in [4.69, 9.17) is 5.26 Å². The van der Waals surface area contributed by atoms with Crippen LogP contribution in [0, 0.1) is 18.3 Å². The number of hydrogen-bond acceptors (Lipinski definition) is 5. The molecule has 1 amide bonds. The van der Waals surface area contributed by atoms with E-state index in [0.717, 1.165) is 18.9 Å². The Hall–Kier alpha value is -2.94. The molecule has 118 valence electrons. The molecule has 1 aromatic carbocycles. The molecule has 0 saturated heterocycles. The van der Waals surface area contributed by atoms with Crippen LogP contribution in [-0.2, 0) is 0 Å². The Bertz CT molecular complexity index is 747. The number of aryl methyl sites for hydroxylation is 1. The molecule has 0 aliphatic carbocycles. The van der Waals surface area contributed by atoms with E-state index in [1.807, 2.05) is 13.8 Å². The molecule has 6 nitrogen and oxygen atoms in total. The third-order valence-electron chi connectivity index (χ3n) is 3.44. The van der Waals surface area contributed by atoms with Crippen LogP contribution in [0.1, 0.15) is 35.7 Å². The van der Waals surface area contributed by atoms with Crippen molar-refractivity contribution in [1.29, 1.82) is 5.26 Å². The van der Waals surface area contributed by atoms with E-state index < -0.39 is 0 Å². The second-order valence-corrected chi connectivity index (χ2v) is 4.94. The van der Waals surface area contributed by atoms with Crippen LogP contribution < -0.4 is 10.2 Å². The monoisotopic (exact) mass is 309 g/mol. The van der Waals surface area contributed by atoms with Crippen LogP contribution in [-0.4, -0.2) is 29.0 Å². The maximum absolute atomic E-state index is 12.5. The topological polar surface area (TPSA) is 81.9 Å². The van der Waals surface area contributed by atoms with E-state index in [0.29, 0.717) is 17.1 Å². The summed E-state index contributed by atoms with van der Waals surface area (Å²) in [5.74, 6) is 0.904. The number of carbonyl (C=O) groups is 1. The van der Waals surface area contributed by atoms with Crippen LogP contribution in [0.4, 0.5) is 11.5 Å². The molecule has 0 fully saturated rings. The summed E-state index contributed by atoms with van der Waals surface area (Å²) in [6.07, 6.45) is 0. The zero-order valence-electron chi connectivity index (χ0n) is 13.5. The smallest absolute Gasteiger partial charge is 0.274 e. The number of benzene rings is 1. The molecule has 0 aliphatic heterocycles. The van der Waals surface area contributed by atoms with E-state index in [9.17, 15) is 4.79 Å². The van der Waals surface area contributed by atoms with E-state index in [2.05, 4.69) is 26.3 Å². The fourth-order valence-corrected chi connectivity index (χ4v) is 2.25. The summed E-state index contributed by atoms with van der Waals surface area (Å²) in [7, 11) is 0. The number of para-hydroxylation sites is 1. The number of rotatable bonds is 5. The molecule has 1 aromatic heterocycles. The normalized spacial score (nSPS) is 10.0. The summed E-state index contributed by atoms with van der Waals surface area (Å²) in [6, 6.07) is 10.6. The highest BCUT2D eigenvalue weighted by Crippen LogP contribution is 2.17. The van der Waals surface area contributed by atoms with Crippen molar-refractivity contribution < 1.29 is 4.79 Å². The number of hydrogen-bond donors (Lipinski definition) is 1. The first-order valence-corrected chi connectivity index (χ1v) is 7.50. The van der Waals surface area contributed by atoms with Crippen molar-refractivity contribution in [3.05, 3.63) is 47.4 Å². The number of nitrogens with one attached hydrogen (secondary N) is 1. The quantitative estimate of drug-likeness (QED) is 0.918. The first-order valence-electron chi connectivity index (χ1n) is 7.50. The zero-order valence-corrected chi connectivity index (χ0v) is 13.5. The van der Waals surface area contributed by atoms with Gasteiger partial charge in [0.05, 0.1) is 11.3 Å². The number of aromatic nitrogens is 2. The van der Waals surface area contributed by atoms with Gasteiger partial charge < -0.3 is 10.2 Å². The largest absolute Gasteiger partial charge is 0.357 e. The lowest BCUT2D eigenvalue weighted by Gasteiger charge is -2.20. The van der Waals surface area contributed by atoms with E-state index in [-0.39, 0.29) is 11.6 Å². The molecule has 1 heterocycles. The number of anilines is 2. The van der Waals surface area contributed by atoms with Gasteiger partial charge in [-0.15, -0.1) is 0 Å². The third-order valence-corrected chi connectivity index (χ3v) is 3.44. The van der Waals surface area contributed by atoms with Crippen molar-refractivity contribution in [3.8, 4) is 6.07 Å². The van der Waals surface area contributed by atoms with E-state index >= 15 is 0 Å². The zero-order chi connectivity index (χ0) is 16.8. The first-order chi connectivity index (χ1) is 11.1. The number of carbonyl (C=O) groups excluding carboxylic acids is 1. The molecule has 0 aliphatic rings. The number of amides is 1. The number of nitrogens with zero attached hydrogens (tertiary/aromatic N) is 4. The second kappa shape index (κ2) is 7.36. The van der Waals surface area contributed by atoms with Gasteiger partial charge in [0.15, 0.2) is 0 Å². The highest BCUT2D eigenvalue weighted by Gasteiger charge is 2.14. The predicted octanol–water partition coefficient (Wildman–Crippen LogP) is 2.76. The lowest BCUT2D eigenvalue weighted by Crippen LogP contribution is -2.25. The fourth-order valence-electron chi connectivity index (χ4n) is 2.25. The van der Waals surface area contributed by atoms with Gasteiger partial charge in [0.25, 0.3) is 5.91 Å². The summed E-state index contributed by atoms with van der Waals surface area (Å²) < 4.78 is 0. The van der Waals surface area contributed by atoms with Gasteiger partial charge in [-0.1, -0.05) is 12.1 Å². The van der Waals surface area contributed by atoms with Gasteiger partial charge in [-0.3, -0.25) is 4.79 Å². The second-order valence-electron chi connectivity index (χ2n) is 4.94. The molecule has 23 heavy (non-hydrogen) atoms. The Morgan fingerprint density at radius 1 is 1.26 bits per heavy atom. The summed E-state index contributed by atoms with van der Waals surface area (Å²) in [5, 5.41) is 11.8. The van der Waals surface area contributed by atoms with Crippen LogP contribution in [0.25, 0.3) is 0 Å². The summed E-state index contributed by atoms with van der Waals surface area (Å²) in [4.78, 5) is 23.1. The molecule has 0 spiro atoms. The predicted molar refractivity (Wildman–Crippen MR) is 89.4 cm³/mol. The van der Waals surface area contributed by atoms with Gasteiger partial charge >= 0.3 is 0 Å². The average molecular weight is 309 g/mol. The van der Waals surface area contributed by atoms with Crippen molar-refractivity contribution in [1.82, 2.24) is 9.97 Å². The maximum atomic E-state index is 12.5. The lowest BCUT2D eigenvalue weighted by molar-refractivity contribution is 0.102. The van der Waals surface area contributed by atoms with Gasteiger partial charge in [-0.25, -0.2) is 9.97 Å². The molecule has 0 radical (unpaired) electrons. The van der Waals surface area contributed by atoms with Crippen molar-refractivity contribution in [2.24, 2.45) is 0 Å². The Balaban J connectivity index is 2.31. The molecule has 0 unspecified atom stereocenters. The van der Waals surface area contributed by atoms with Gasteiger partial charge in [-0.05, 0) is 32.9 Å². The summed E-state index contributed by atoms with van der Waals surface area (Å²) >= 11 is 0. The van der Waals surface area contributed by atoms with Crippen molar-refractivity contribution in [3.63, 3.8) is 0 Å². The molecular weight excluding hydrogens is 290 g/mol. The standard InChI is InChI=1S/C17H19N5O/c1-4-22(5-2)16-10-15(19-12(3)20-16)17(23)21-14-9-7-6-8-13(14)11-18/h6-10H,4-5H2,1-3H3,(H,21,23). The van der Waals surface area contributed by atoms with Gasteiger partial charge in [0.2, 0.25) is 0 Å². The number of nitriles is 1. The molecular formula is C17H19N5O. The first kappa shape index (κ1) is 16.4. The summed E-state index contributed by atoms with van der Waals surface area (Å²) in [6.45, 7) is 7.41. The van der Waals surface area contributed by atoms with Gasteiger partial charge in [0, 0.05) is 19.2 Å². The Morgan fingerprint density at radius 2 is 1.96 bits per heavy atom. The van der Waals surface area contributed by atoms with Gasteiger partial charge in [0.1, 0.15) is 23.4 Å². The molecule has 0 bridgehead atoms. The Morgan fingerprint density at radius 3 is 2.61 bits per heavy atom. The molecule has 6 heteroatoms. The fraction of sp³-hybridized carbons (Fsp3) is 0.294. The van der Waals surface area contributed by atoms with Crippen molar-refractivity contribution in [2.45, 2.75) is 20.8 Å². The highest BCUT2D eigenvalue weighted by atomic mass is 16.1. The van der Waals surface area contributed by atoms with Crippen LogP contribution in [0.2, 0.25) is 0 Å². The molecule has 1 N–H and O–H groups in total. The van der Waals surface area contributed by atoms with Gasteiger partial charge in [-0.2, -0.15) is 5.26 Å². The van der Waals surface area contributed by atoms with Crippen LogP contribution in [0.15, 0.2) is 30.3 Å². The summed E-state index contributed by atoms with van der Waals surface area (Å²) in [5.41, 5.74) is 1.17. The minimum absolute atomic E-state index is 0.284. The maximum Gasteiger partial charge on any atom is 0.274 e. The lowest BCUT2D eigenvalue weighted by atomic mass is 10.2. The minimum Gasteiger partial charge on any atom is -0.357 e. The SMILES string of the molecule is CCN(CC)c1cc(C(=O)Nc2ccccc2C#N)nc(C)n1. The Labute approximate surface area is 135 Å². The molecule has 0 atom stereocenters. The molecule has 2 aromatic rings. The minimum atomic E-state index is -0.355. The Kier molecular flexibility index (Phi) is 5.26. The van der Waals surface area contributed by atoms with Crippen molar-refractivity contribution in [2.75, 3.05) is 23.3 Å².